The predicted molar refractivity (Wildman–Crippen MR) is 112 cm³/mol. The van der Waals surface area contributed by atoms with Crippen molar-refractivity contribution in [2.24, 2.45) is 0 Å². The summed E-state index contributed by atoms with van der Waals surface area (Å²) >= 11 is 3.30. The van der Waals surface area contributed by atoms with Crippen molar-refractivity contribution in [3.8, 4) is 0 Å². The summed E-state index contributed by atoms with van der Waals surface area (Å²) in [7, 11) is -3.69. The summed E-state index contributed by atoms with van der Waals surface area (Å²) < 4.78 is 28.0. The zero-order chi connectivity index (χ0) is 20.7. The third-order valence-corrected chi connectivity index (χ3v) is 5.99. The summed E-state index contributed by atoms with van der Waals surface area (Å²) in [6.45, 7) is 3.35. The Morgan fingerprint density at radius 1 is 1.00 bits per heavy atom. The molecule has 0 radical (unpaired) electrons. The number of nitrogens with one attached hydrogen (secondary N) is 3. The lowest BCUT2D eigenvalue weighted by atomic mass is 10.2. The van der Waals surface area contributed by atoms with Crippen molar-refractivity contribution in [2.75, 3.05) is 18.4 Å². The molecule has 0 bridgehead atoms. The van der Waals surface area contributed by atoms with Crippen molar-refractivity contribution in [3.05, 3.63) is 58.1 Å². The van der Waals surface area contributed by atoms with Crippen LogP contribution in [0.1, 0.15) is 17.5 Å². The zero-order valence-electron chi connectivity index (χ0n) is 15.6. The Bertz CT molecular complexity index is 960. The van der Waals surface area contributed by atoms with Gasteiger partial charge in [0.2, 0.25) is 21.8 Å². The first kappa shape index (κ1) is 22.1. The number of carbonyl (C=O) groups is 2. The van der Waals surface area contributed by atoms with Crippen LogP contribution in [0.25, 0.3) is 0 Å². The monoisotopic (exact) mass is 467 g/mol. The lowest BCUT2D eigenvalue weighted by Crippen LogP contribution is -2.35. The van der Waals surface area contributed by atoms with Crippen molar-refractivity contribution in [1.29, 1.82) is 0 Å². The highest BCUT2D eigenvalue weighted by Crippen LogP contribution is 2.16. The molecule has 0 fully saturated rings. The van der Waals surface area contributed by atoms with Crippen molar-refractivity contribution in [2.45, 2.75) is 25.2 Å². The molecule has 0 aliphatic heterocycles. The zero-order valence-corrected chi connectivity index (χ0v) is 18.0. The van der Waals surface area contributed by atoms with E-state index in [1.165, 1.54) is 0 Å². The molecule has 0 spiro atoms. The van der Waals surface area contributed by atoms with Gasteiger partial charge >= 0.3 is 0 Å². The van der Waals surface area contributed by atoms with Gasteiger partial charge < -0.3 is 10.6 Å². The van der Waals surface area contributed by atoms with E-state index in [1.807, 2.05) is 6.92 Å². The Hall–Kier alpha value is -2.23. The van der Waals surface area contributed by atoms with Gasteiger partial charge in [-0.1, -0.05) is 33.6 Å². The number of sulfonamides is 1. The van der Waals surface area contributed by atoms with Crippen molar-refractivity contribution < 1.29 is 18.0 Å². The van der Waals surface area contributed by atoms with Crippen LogP contribution in [0, 0.1) is 13.8 Å². The summed E-state index contributed by atoms with van der Waals surface area (Å²) in [5.74, 6) is -0.791. The molecule has 2 aromatic rings. The fourth-order valence-corrected chi connectivity index (χ4v) is 4.00. The molecule has 0 saturated carbocycles. The first-order chi connectivity index (χ1) is 13.2. The molecular weight excluding hydrogens is 446 g/mol. The van der Waals surface area contributed by atoms with Gasteiger partial charge in [0.25, 0.3) is 0 Å². The lowest BCUT2D eigenvalue weighted by molar-refractivity contribution is -0.124. The van der Waals surface area contributed by atoms with Crippen LogP contribution in [0.15, 0.2) is 51.8 Å². The Kier molecular flexibility index (Phi) is 7.73. The second-order valence-electron chi connectivity index (χ2n) is 6.25. The van der Waals surface area contributed by atoms with Gasteiger partial charge in [-0.25, -0.2) is 13.1 Å². The molecule has 2 amide bonds. The lowest BCUT2D eigenvalue weighted by Gasteiger charge is -2.10. The van der Waals surface area contributed by atoms with Gasteiger partial charge in [0.05, 0.1) is 11.4 Å². The summed E-state index contributed by atoms with van der Waals surface area (Å²) in [6.07, 6.45) is -0.0737. The molecule has 28 heavy (non-hydrogen) atoms. The molecule has 0 aliphatic carbocycles. The number of hydrogen-bond donors (Lipinski definition) is 3. The molecule has 2 rings (SSSR count). The highest BCUT2D eigenvalue weighted by molar-refractivity contribution is 9.10. The van der Waals surface area contributed by atoms with E-state index in [9.17, 15) is 18.0 Å². The molecule has 7 nitrogen and oxygen atoms in total. The molecule has 2 aromatic carbocycles. The fraction of sp³-hybridized carbons (Fsp3) is 0.263. The standard InChI is InChI=1S/C19H22BrN3O4S/c1-13-3-8-17(14(2)11-13)28(26,27)22-10-9-18(24)21-12-19(25)23-16-6-4-15(20)5-7-16/h3-8,11,22H,9-10,12H2,1-2H3,(H,21,24)(H,23,25). The van der Waals surface area contributed by atoms with E-state index in [2.05, 4.69) is 31.3 Å². The number of benzene rings is 2. The minimum absolute atomic E-state index is 0.0597. The topological polar surface area (TPSA) is 104 Å². The molecule has 0 aliphatic rings. The average molecular weight is 468 g/mol. The molecule has 0 heterocycles. The fourth-order valence-electron chi connectivity index (χ4n) is 2.48. The van der Waals surface area contributed by atoms with E-state index >= 15 is 0 Å². The Labute approximate surface area is 173 Å². The number of anilines is 1. The number of rotatable bonds is 8. The number of carbonyl (C=O) groups excluding carboxylic acids is 2. The van der Waals surface area contributed by atoms with Gasteiger partial charge in [-0.05, 0) is 49.7 Å². The number of halogens is 1. The normalized spacial score (nSPS) is 11.1. The number of amides is 2. The van der Waals surface area contributed by atoms with Crippen LogP contribution in [-0.4, -0.2) is 33.3 Å². The SMILES string of the molecule is Cc1ccc(S(=O)(=O)NCCC(=O)NCC(=O)Nc2ccc(Br)cc2)c(C)c1. The first-order valence-electron chi connectivity index (χ1n) is 8.56. The minimum Gasteiger partial charge on any atom is -0.347 e. The van der Waals surface area contributed by atoms with Gasteiger partial charge in [-0.3, -0.25) is 9.59 Å². The number of aryl methyl sites for hydroxylation is 2. The third kappa shape index (κ3) is 6.74. The first-order valence-corrected chi connectivity index (χ1v) is 10.8. The molecule has 3 N–H and O–H groups in total. The van der Waals surface area contributed by atoms with E-state index in [4.69, 9.17) is 0 Å². The quantitative estimate of drug-likeness (QED) is 0.554. The number of hydrogen-bond acceptors (Lipinski definition) is 4. The second-order valence-corrected chi connectivity index (χ2v) is 8.90. The highest BCUT2D eigenvalue weighted by atomic mass is 79.9. The van der Waals surface area contributed by atoms with Gasteiger partial charge in [-0.2, -0.15) is 0 Å². The average Bonchev–Trinajstić information content (AvgIpc) is 2.61. The second kappa shape index (κ2) is 9.81. The Balaban J connectivity index is 1.76. The maximum Gasteiger partial charge on any atom is 0.243 e. The van der Waals surface area contributed by atoms with Crippen LogP contribution in [0.3, 0.4) is 0 Å². The summed E-state index contributed by atoms with van der Waals surface area (Å²) in [5, 5.41) is 5.11. The molecular formula is C19H22BrN3O4S. The van der Waals surface area contributed by atoms with Crippen LogP contribution in [0.4, 0.5) is 5.69 Å². The van der Waals surface area contributed by atoms with Gasteiger partial charge in [0, 0.05) is 23.1 Å². The van der Waals surface area contributed by atoms with Crippen LogP contribution >= 0.6 is 15.9 Å². The van der Waals surface area contributed by atoms with E-state index in [0.717, 1.165) is 10.0 Å². The Morgan fingerprint density at radius 2 is 1.68 bits per heavy atom. The van der Waals surface area contributed by atoms with Crippen LogP contribution in [0.5, 0.6) is 0 Å². The van der Waals surface area contributed by atoms with Gasteiger partial charge in [0.15, 0.2) is 0 Å². The van der Waals surface area contributed by atoms with Crippen LogP contribution < -0.4 is 15.4 Å². The van der Waals surface area contributed by atoms with Crippen molar-refractivity contribution >= 4 is 43.5 Å². The molecule has 0 saturated heterocycles. The molecule has 9 heteroatoms. The van der Waals surface area contributed by atoms with E-state index < -0.39 is 15.9 Å². The van der Waals surface area contributed by atoms with E-state index in [0.29, 0.717) is 11.3 Å². The maximum absolute atomic E-state index is 12.3. The Morgan fingerprint density at radius 3 is 2.32 bits per heavy atom. The summed E-state index contributed by atoms with van der Waals surface area (Å²) in [5.41, 5.74) is 2.22. The van der Waals surface area contributed by atoms with Gasteiger partial charge in [-0.15, -0.1) is 0 Å². The third-order valence-electron chi connectivity index (χ3n) is 3.84. The maximum atomic E-state index is 12.3. The van der Waals surface area contributed by atoms with E-state index in [1.54, 1.807) is 49.4 Å². The molecule has 0 atom stereocenters. The smallest absolute Gasteiger partial charge is 0.243 e. The molecule has 150 valence electrons. The van der Waals surface area contributed by atoms with Crippen molar-refractivity contribution in [1.82, 2.24) is 10.0 Å². The summed E-state index contributed by atoms with van der Waals surface area (Å²) in [6, 6.07) is 12.1. The van der Waals surface area contributed by atoms with Gasteiger partial charge in [0.1, 0.15) is 0 Å². The molecule has 0 aromatic heterocycles. The summed E-state index contributed by atoms with van der Waals surface area (Å²) in [4.78, 5) is 23.9. The minimum atomic E-state index is -3.69. The van der Waals surface area contributed by atoms with Crippen LogP contribution in [0.2, 0.25) is 0 Å². The highest BCUT2D eigenvalue weighted by Gasteiger charge is 2.16. The molecule has 0 unspecified atom stereocenters. The van der Waals surface area contributed by atoms with E-state index in [-0.39, 0.29) is 30.3 Å². The predicted octanol–water partition coefficient (Wildman–Crippen LogP) is 2.49. The van der Waals surface area contributed by atoms with Crippen molar-refractivity contribution in [3.63, 3.8) is 0 Å². The largest absolute Gasteiger partial charge is 0.347 e. The van der Waals surface area contributed by atoms with Crippen LogP contribution in [-0.2, 0) is 19.6 Å².